The van der Waals surface area contributed by atoms with Crippen LogP contribution in [0.25, 0.3) is 0 Å². The molecule has 0 heterocycles. The standard InChI is InChI=1S/C19H16F4O2/c1-2-25-16(24)17(13-8-10-15(20)11-9-13)12-18(17,19(21,22)23)14-6-4-3-5-7-14/h3-11H,2,12H2,1H3/t17-,18-/m1/s1. The van der Waals surface area contributed by atoms with E-state index in [1.165, 1.54) is 43.3 Å². The molecule has 0 unspecified atom stereocenters. The third kappa shape index (κ3) is 2.42. The molecule has 0 saturated heterocycles. The number of hydrogen-bond donors (Lipinski definition) is 0. The van der Waals surface area contributed by atoms with Gasteiger partial charge in [-0.25, -0.2) is 4.39 Å². The quantitative estimate of drug-likeness (QED) is 0.597. The van der Waals surface area contributed by atoms with Gasteiger partial charge in [-0.1, -0.05) is 42.5 Å². The molecular weight excluding hydrogens is 336 g/mol. The first-order valence-corrected chi connectivity index (χ1v) is 7.85. The molecule has 0 amide bonds. The van der Waals surface area contributed by atoms with Crippen LogP contribution in [0.5, 0.6) is 0 Å². The first kappa shape index (κ1) is 17.5. The summed E-state index contributed by atoms with van der Waals surface area (Å²) in [5.41, 5.74) is -4.19. The van der Waals surface area contributed by atoms with Crippen molar-refractivity contribution in [2.24, 2.45) is 0 Å². The van der Waals surface area contributed by atoms with Crippen molar-refractivity contribution >= 4 is 5.97 Å². The molecule has 6 heteroatoms. The summed E-state index contributed by atoms with van der Waals surface area (Å²) in [5, 5.41) is 0. The fraction of sp³-hybridized carbons (Fsp3) is 0.316. The van der Waals surface area contributed by atoms with Crippen LogP contribution >= 0.6 is 0 Å². The van der Waals surface area contributed by atoms with Crippen LogP contribution in [0, 0.1) is 5.82 Å². The Morgan fingerprint density at radius 1 is 1.04 bits per heavy atom. The fourth-order valence-corrected chi connectivity index (χ4v) is 3.63. The molecule has 0 bridgehead atoms. The highest BCUT2D eigenvalue weighted by molar-refractivity contribution is 5.91. The van der Waals surface area contributed by atoms with Crippen LogP contribution in [0.2, 0.25) is 0 Å². The number of ether oxygens (including phenoxy) is 1. The lowest BCUT2D eigenvalue weighted by atomic mass is 9.81. The van der Waals surface area contributed by atoms with Gasteiger partial charge in [0.2, 0.25) is 0 Å². The maximum absolute atomic E-state index is 14.2. The topological polar surface area (TPSA) is 26.3 Å². The minimum atomic E-state index is -4.67. The molecule has 132 valence electrons. The highest BCUT2D eigenvalue weighted by Crippen LogP contribution is 2.72. The van der Waals surface area contributed by atoms with Gasteiger partial charge in [0.05, 0.1) is 6.61 Å². The number of carbonyl (C=O) groups is 1. The molecule has 25 heavy (non-hydrogen) atoms. The molecule has 2 aromatic rings. The molecule has 0 aromatic heterocycles. The average molecular weight is 352 g/mol. The van der Waals surface area contributed by atoms with E-state index in [0.29, 0.717) is 0 Å². The predicted molar refractivity (Wildman–Crippen MR) is 83.5 cm³/mol. The number of alkyl halides is 3. The molecule has 1 saturated carbocycles. The van der Waals surface area contributed by atoms with Gasteiger partial charge in [-0.2, -0.15) is 13.2 Å². The molecular formula is C19H16F4O2. The lowest BCUT2D eigenvalue weighted by Gasteiger charge is -2.27. The third-order valence-corrected chi connectivity index (χ3v) is 4.85. The summed E-state index contributed by atoms with van der Waals surface area (Å²) in [7, 11) is 0. The van der Waals surface area contributed by atoms with Crippen molar-refractivity contribution in [3.8, 4) is 0 Å². The third-order valence-electron chi connectivity index (χ3n) is 4.85. The summed E-state index contributed by atoms with van der Waals surface area (Å²) < 4.78 is 60.7. The van der Waals surface area contributed by atoms with Gasteiger partial charge in [0.1, 0.15) is 16.6 Å². The SMILES string of the molecule is CCOC(=O)[C@]1(c2ccc(F)cc2)C[C@]1(c1ccccc1)C(F)(F)F. The second-order valence-electron chi connectivity index (χ2n) is 6.08. The molecule has 0 radical (unpaired) electrons. The van der Waals surface area contributed by atoms with Crippen molar-refractivity contribution in [1.29, 1.82) is 0 Å². The largest absolute Gasteiger partial charge is 0.465 e. The minimum absolute atomic E-state index is 0.000113. The molecule has 2 atom stereocenters. The molecule has 0 N–H and O–H groups in total. The van der Waals surface area contributed by atoms with E-state index in [4.69, 9.17) is 4.74 Å². The zero-order valence-corrected chi connectivity index (χ0v) is 13.4. The van der Waals surface area contributed by atoms with E-state index in [9.17, 15) is 22.4 Å². The zero-order chi connectivity index (χ0) is 18.3. The van der Waals surface area contributed by atoms with E-state index >= 15 is 0 Å². The van der Waals surface area contributed by atoms with E-state index < -0.39 is 35.2 Å². The van der Waals surface area contributed by atoms with E-state index in [0.717, 1.165) is 12.1 Å². The van der Waals surface area contributed by atoms with Gasteiger partial charge in [-0.15, -0.1) is 0 Å². The minimum Gasteiger partial charge on any atom is -0.465 e. The number of benzene rings is 2. The van der Waals surface area contributed by atoms with Crippen LogP contribution in [0.4, 0.5) is 17.6 Å². The molecule has 0 spiro atoms. The Labute approximate surface area is 142 Å². The van der Waals surface area contributed by atoms with Crippen molar-refractivity contribution in [2.75, 3.05) is 6.61 Å². The van der Waals surface area contributed by atoms with Crippen LogP contribution in [0.15, 0.2) is 54.6 Å². The average Bonchev–Trinajstić information content (AvgIpc) is 3.29. The molecule has 1 aliphatic carbocycles. The smallest absolute Gasteiger partial charge is 0.399 e. The van der Waals surface area contributed by atoms with Gasteiger partial charge in [-0.3, -0.25) is 4.79 Å². The second kappa shape index (κ2) is 5.86. The predicted octanol–water partition coefficient (Wildman–Crippen LogP) is 4.53. The maximum Gasteiger partial charge on any atom is 0.399 e. The van der Waals surface area contributed by atoms with E-state index in [2.05, 4.69) is 0 Å². The van der Waals surface area contributed by atoms with Crippen molar-refractivity contribution in [1.82, 2.24) is 0 Å². The van der Waals surface area contributed by atoms with Gasteiger partial charge in [0.25, 0.3) is 0 Å². The number of esters is 1. The highest BCUT2D eigenvalue weighted by atomic mass is 19.4. The summed E-state index contributed by atoms with van der Waals surface area (Å²) in [6.45, 7) is 1.50. The zero-order valence-electron chi connectivity index (χ0n) is 13.4. The summed E-state index contributed by atoms with van der Waals surface area (Å²) >= 11 is 0. The van der Waals surface area contributed by atoms with E-state index in [1.54, 1.807) is 6.07 Å². The second-order valence-corrected chi connectivity index (χ2v) is 6.08. The molecule has 2 nitrogen and oxygen atoms in total. The summed E-state index contributed by atoms with van der Waals surface area (Å²) in [4.78, 5) is 12.6. The van der Waals surface area contributed by atoms with Gasteiger partial charge in [0.15, 0.2) is 0 Å². The van der Waals surface area contributed by atoms with Crippen LogP contribution in [0.1, 0.15) is 24.5 Å². The molecule has 1 aliphatic rings. The summed E-state index contributed by atoms with van der Waals surface area (Å²) in [6.07, 6.45) is -5.13. The van der Waals surface area contributed by atoms with Crippen LogP contribution in [-0.2, 0) is 20.4 Å². The van der Waals surface area contributed by atoms with E-state index in [-0.39, 0.29) is 17.7 Å². The number of halogens is 4. The number of rotatable bonds is 4. The van der Waals surface area contributed by atoms with Crippen molar-refractivity contribution in [3.05, 3.63) is 71.5 Å². The Morgan fingerprint density at radius 2 is 1.64 bits per heavy atom. The Hall–Kier alpha value is -2.37. The van der Waals surface area contributed by atoms with Crippen molar-refractivity contribution < 1.29 is 27.1 Å². The summed E-state index contributed by atoms with van der Waals surface area (Å²) in [5.74, 6) is -1.52. The lowest BCUT2D eigenvalue weighted by molar-refractivity contribution is -0.175. The Kier molecular flexibility index (Phi) is 4.09. The Balaban J connectivity index is 2.23. The maximum atomic E-state index is 14.2. The lowest BCUT2D eigenvalue weighted by Crippen LogP contribution is -2.41. The monoisotopic (exact) mass is 352 g/mol. The molecule has 2 aromatic carbocycles. The van der Waals surface area contributed by atoms with Gasteiger partial charge in [0, 0.05) is 0 Å². The normalized spacial score (nSPS) is 25.5. The first-order valence-electron chi connectivity index (χ1n) is 7.85. The van der Waals surface area contributed by atoms with Gasteiger partial charge < -0.3 is 4.74 Å². The molecule has 1 fully saturated rings. The van der Waals surface area contributed by atoms with Gasteiger partial charge in [-0.05, 0) is 36.6 Å². The van der Waals surface area contributed by atoms with Crippen LogP contribution < -0.4 is 0 Å². The highest BCUT2D eigenvalue weighted by Gasteiger charge is 2.85. The molecule has 3 rings (SSSR count). The fourth-order valence-electron chi connectivity index (χ4n) is 3.63. The van der Waals surface area contributed by atoms with Crippen LogP contribution in [-0.4, -0.2) is 18.8 Å². The summed E-state index contributed by atoms with van der Waals surface area (Å²) in [6, 6.07) is 11.9. The first-order chi connectivity index (χ1) is 11.8. The molecule has 0 aliphatic heterocycles. The Bertz CT molecular complexity index is 770. The van der Waals surface area contributed by atoms with Crippen molar-refractivity contribution in [2.45, 2.75) is 30.4 Å². The van der Waals surface area contributed by atoms with Gasteiger partial charge >= 0.3 is 12.1 Å². The number of carbonyl (C=O) groups excluding carboxylic acids is 1. The Morgan fingerprint density at radius 3 is 2.16 bits per heavy atom. The van der Waals surface area contributed by atoms with E-state index in [1.807, 2.05) is 0 Å². The van der Waals surface area contributed by atoms with Crippen molar-refractivity contribution in [3.63, 3.8) is 0 Å². The number of hydrogen-bond acceptors (Lipinski definition) is 2. The van der Waals surface area contributed by atoms with Crippen LogP contribution in [0.3, 0.4) is 0 Å².